The molecule has 2 aromatic rings. The molecule has 0 saturated heterocycles. The molecule has 5 nitrogen and oxygen atoms in total. The molecule has 126 valence electrons. The molecule has 0 fully saturated rings. The van der Waals surface area contributed by atoms with Crippen molar-refractivity contribution >= 4 is 11.8 Å². The van der Waals surface area contributed by atoms with Gasteiger partial charge in [-0.25, -0.2) is 0 Å². The number of hydrogen-bond acceptors (Lipinski definition) is 3. The molecule has 24 heavy (non-hydrogen) atoms. The lowest BCUT2D eigenvalue weighted by Gasteiger charge is -2.19. The number of carbonyl (C=O) groups excluding carboxylic acids is 2. The Morgan fingerprint density at radius 2 is 1.54 bits per heavy atom. The van der Waals surface area contributed by atoms with Gasteiger partial charge in [-0.15, -0.1) is 0 Å². The monoisotopic (exact) mass is 325 g/mol. The number of hydrogen-bond donors (Lipinski definition) is 3. The van der Waals surface area contributed by atoms with E-state index in [-0.39, 0.29) is 11.8 Å². The summed E-state index contributed by atoms with van der Waals surface area (Å²) < 4.78 is 0. The highest BCUT2D eigenvalue weighted by Gasteiger charge is 2.22. The first-order valence-corrected chi connectivity index (χ1v) is 8.05. The fourth-order valence-corrected chi connectivity index (χ4v) is 2.33. The minimum absolute atomic E-state index is 0.207. The first kappa shape index (κ1) is 17.7. The largest absolute Gasteiger partial charge is 0.354 e. The normalized spacial score (nSPS) is 11.5. The third kappa shape index (κ3) is 5.21. The van der Waals surface area contributed by atoms with Crippen LogP contribution in [0.25, 0.3) is 0 Å². The molecule has 0 radical (unpaired) electrons. The van der Waals surface area contributed by atoms with Crippen LogP contribution in [0.2, 0.25) is 0 Å². The maximum Gasteiger partial charge on any atom is 0.252 e. The van der Waals surface area contributed by atoms with E-state index in [1.165, 1.54) is 0 Å². The molecular formula is C19H23N3O2. The van der Waals surface area contributed by atoms with Gasteiger partial charge >= 0.3 is 0 Å². The number of benzene rings is 2. The predicted octanol–water partition coefficient (Wildman–Crippen LogP) is 1.88. The maximum absolute atomic E-state index is 12.5. The molecule has 0 aliphatic carbocycles. The van der Waals surface area contributed by atoms with Crippen molar-refractivity contribution in [1.82, 2.24) is 16.0 Å². The lowest BCUT2D eigenvalue weighted by molar-refractivity contribution is -0.123. The van der Waals surface area contributed by atoms with Crippen LogP contribution in [0.1, 0.15) is 28.4 Å². The molecule has 0 saturated carbocycles. The van der Waals surface area contributed by atoms with Crippen molar-refractivity contribution < 1.29 is 9.59 Å². The van der Waals surface area contributed by atoms with E-state index in [2.05, 4.69) is 16.0 Å². The first-order valence-electron chi connectivity index (χ1n) is 8.05. The van der Waals surface area contributed by atoms with Gasteiger partial charge in [0.15, 0.2) is 0 Å². The van der Waals surface area contributed by atoms with Crippen molar-refractivity contribution in [3.63, 3.8) is 0 Å². The van der Waals surface area contributed by atoms with Crippen LogP contribution >= 0.6 is 0 Å². The van der Waals surface area contributed by atoms with Gasteiger partial charge in [0.2, 0.25) is 5.91 Å². The Morgan fingerprint density at radius 3 is 2.17 bits per heavy atom. The van der Waals surface area contributed by atoms with Crippen molar-refractivity contribution in [2.45, 2.75) is 12.5 Å². The van der Waals surface area contributed by atoms with E-state index in [4.69, 9.17) is 0 Å². The average Bonchev–Trinajstić information content (AvgIpc) is 2.64. The van der Waals surface area contributed by atoms with Crippen LogP contribution < -0.4 is 16.0 Å². The third-order valence-electron chi connectivity index (χ3n) is 3.61. The van der Waals surface area contributed by atoms with Crippen LogP contribution in [-0.2, 0) is 4.79 Å². The highest BCUT2D eigenvalue weighted by molar-refractivity contribution is 5.97. The van der Waals surface area contributed by atoms with Crippen LogP contribution in [0.5, 0.6) is 0 Å². The summed E-state index contributed by atoms with van der Waals surface area (Å²) in [4.78, 5) is 24.9. The molecule has 0 spiro atoms. The van der Waals surface area contributed by atoms with Crippen molar-refractivity contribution in [3.8, 4) is 0 Å². The van der Waals surface area contributed by atoms with Crippen LogP contribution in [0.4, 0.5) is 0 Å². The lowest BCUT2D eigenvalue weighted by atomic mass is 10.1. The molecule has 3 N–H and O–H groups in total. The summed E-state index contributed by atoms with van der Waals surface area (Å²) >= 11 is 0. The Balaban J connectivity index is 2.08. The van der Waals surface area contributed by atoms with Gasteiger partial charge in [-0.05, 0) is 37.7 Å². The fraction of sp³-hybridized carbons (Fsp3) is 0.263. The smallest absolute Gasteiger partial charge is 0.252 e. The molecular weight excluding hydrogens is 302 g/mol. The van der Waals surface area contributed by atoms with Gasteiger partial charge in [-0.2, -0.15) is 0 Å². The van der Waals surface area contributed by atoms with Crippen LogP contribution in [0.15, 0.2) is 60.7 Å². The number of nitrogens with one attached hydrogen (secondary N) is 3. The van der Waals surface area contributed by atoms with Crippen molar-refractivity contribution in [2.75, 3.05) is 20.1 Å². The second-order valence-electron chi connectivity index (χ2n) is 5.43. The molecule has 0 aliphatic heterocycles. The number of carbonyl (C=O) groups is 2. The van der Waals surface area contributed by atoms with Gasteiger partial charge in [0, 0.05) is 12.1 Å². The highest BCUT2D eigenvalue weighted by atomic mass is 16.2. The number of rotatable bonds is 8. The van der Waals surface area contributed by atoms with E-state index < -0.39 is 6.04 Å². The predicted molar refractivity (Wildman–Crippen MR) is 94.6 cm³/mol. The summed E-state index contributed by atoms with van der Waals surface area (Å²) in [6.07, 6.45) is 0.830. The first-order chi connectivity index (χ1) is 11.7. The maximum atomic E-state index is 12.5. The van der Waals surface area contributed by atoms with Gasteiger partial charge in [-0.3, -0.25) is 9.59 Å². The topological polar surface area (TPSA) is 70.2 Å². The van der Waals surface area contributed by atoms with E-state index in [0.717, 1.165) is 18.5 Å². The lowest BCUT2D eigenvalue weighted by Crippen LogP contribution is -2.41. The zero-order valence-electron chi connectivity index (χ0n) is 13.8. The standard InChI is InChI=1S/C19H23N3O2/c1-20-13-8-14-21-19(24)17(15-9-4-2-5-10-15)22-18(23)16-11-6-3-7-12-16/h2-7,9-12,17,20H,8,13-14H2,1H3,(H,21,24)(H,22,23). The third-order valence-corrected chi connectivity index (χ3v) is 3.61. The minimum atomic E-state index is -0.714. The van der Waals surface area contributed by atoms with E-state index in [9.17, 15) is 9.59 Å². The quantitative estimate of drug-likeness (QED) is 0.649. The number of amides is 2. The van der Waals surface area contributed by atoms with Crippen molar-refractivity contribution in [1.29, 1.82) is 0 Å². The summed E-state index contributed by atoms with van der Waals surface area (Å²) in [6, 6.07) is 17.4. The van der Waals surface area contributed by atoms with Gasteiger partial charge < -0.3 is 16.0 Å². The molecule has 1 atom stereocenters. The zero-order valence-corrected chi connectivity index (χ0v) is 13.8. The van der Waals surface area contributed by atoms with Crippen LogP contribution in [-0.4, -0.2) is 32.0 Å². The summed E-state index contributed by atoms with van der Waals surface area (Å²) in [6.45, 7) is 1.39. The van der Waals surface area contributed by atoms with Crippen molar-refractivity contribution in [2.24, 2.45) is 0 Å². The van der Waals surface area contributed by atoms with Gasteiger partial charge in [0.05, 0.1) is 0 Å². The molecule has 1 unspecified atom stereocenters. The summed E-state index contributed by atoms with van der Waals surface area (Å²) in [5, 5.41) is 8.74. The fourth-order valence-electron chi connectivity index (χ4n) is 2.33. The van der Waals surface area contributed by atoms with E-state index in [0.29, 0.717) is 12.1 Å². The molecule has 0 aromatic heterocycles. The Bertz CT molecular complexity index is 644. The minimum Gasteiger partial charge on any atom is -0.354 e. The summed E-state index contributed by atoms with van der Waals surface area (Å²) in [5.41, 5.74) is 1.29. The Kier molecular flexibility index (Phi) is 6.98. The second kappa shape index (κ2) is 9.47. The van der Waals surface area contributed by atoms with E-state index in [1.54, 1.807) is 24.3 Å². The van der Waals surface area contributed by atoms with E-state index in [1.807, 2.05) is 43.4 Å². The summed E-state index contributed by atoms with van der Waals surface area (Å²) in [7, 11) is 1.87. The molecule has 2 rings (SSSR count). The van der Waals surface area contributed by atoms with E-state index >= 15 is 0 Å². The molecule has 2 amide bonds. The van der Waals surface area contributed by atoms with Crippen LogP contribution in [0.3, 0.4) is 0 Å². The molecule has 0 aliphatic rings. The molecule has 5 heteroatoms. The Morgan fingerprint density at radius 1 is 0.917 bits per heavy atom. The molecule has 0 bridgehead atoms. The Labute approximate surface area is 142 Å². The van der Waals surface area contributed by atoms with Gasteiger partial charge in [-0.1, -0.05) is 48.5 Å². The average molecular weight is 325 g/mol. The van der Waals surface area contributed by atoms with Crippen LogP contribution in [0, 0.1) is 0 Å². The van der Waals surface area contributed by atoms with Gasteiger partial charge in [0.25, 0.3) is 5.91 Å². The SMILES string of the molecule is CNCCCNC(=O)C(NC(=O)c1ccccc1)c1ccccc1. The molecule has 2 aromatic carbocycles. The Hall–Kier alpha value is -2.66. The zero-order chi connectivity index (χ0) is 17.2. The molecule has 0 heterocycles. The second-order valence-corrected chi connectivity index (χ2v) is 5.43. The van der Waals surface area contributed by atoms with Gasteiger partial charge in [0.1, 0.15) is 6.04 Å². The summed E-state index contributed by atoms with van der Waals surface area (Å²) in [5.74, 6) is -0.476. The van der Waals surface area contributed by atoms with Crippen molar-refractivity contribution in [3.05, 3.63) is 71.8 Å². The highest BCUT2D eigenvalue weighted by Crippen LogP contribution is 2.14.